The average molecular weight is 473 g/mol. The van der Waals surface area contributed by atoms with E-state index < -0.39 is 12.0 Å². The number of hydrogen-bond donors (Lipinski definition) is 3. The Morgan fingerprint density at radius 3 is 2.74 bits per heavy atom. The normalized spacial score (nSPS) is 18.7. The summed E-state index contributed by atoms with van der Waals surface area (Å²) in [5.41, 5.74) is 1.18. The second-order valence-corrected chi connectivity index (χ2v) is 8.91. The molecule has 2 aliphatic rings. The number of anilines is 1. The van der Waals surface area contributed by atoms with Gasteiger partial charge in [-0.05, 0) is 37.5 Å². The van der Waals surface area contributed by atoms with Crippen molar-refractivity contribution in [3.8, 4) is 0 Å². The number of carbonyl (C=O) groups excluding carboxylic acids is 4. The van der Waals surface area contributed by atoms with Crippen molar-refractivity contribution < 1.29 is 23.9 Å². The van der Waals surface area contributed by atoms with Crippen molar-refractivity contribution in [2.24, 2.45) is 0 Å². The predicted molar refractivity (Wildman–Crippen MR) is 128 cm³/mol. The van der Waals surface area contributed by atoms with Crippen LogP contribution in [0.2, 0.25) is 0 Å². The Labute approximate surface area is 201 Å². The smallest absolute Gasteiger partial charge is 0.308 e. The van der Waals surface area contributed by atoms with Gasteiger partial charge in [0.05, 0.1) is 19.6 Å². The highest BCUT2D eigenvalue weighted by Gasteiger charge is 2.35. The number of carbonyl (C=O) groups is 4. The van der Waals surface area contributed by atoms with Gasteiger partial charge in [-0.1, -0.05) is 38.7 Å². The van der Waals surface area contributed by atoms with E-state index >= 15 is 0 Å². The van der Waals surface area contributed by atoms with Gasteiger partial charge in [-0.25, -0.2) is 0 Å². The Bertz CT molecular complexity index is 869. The van der Waals surface area contributed by atoms with Crippen LogP contribution in [0.1, 0.15) is 68.6 Å². The quantitative estimate of drug-likeness (QED) is 0.355. The molecule has 3 rings (SSSR count). The van der Waals surface area contributed by atoms with Crippen LogP contribution >= 0.6 is 0 Å². The lowest BCUT2D eigenvalue weighted by molar-refractivity contribution is -0.151. The van der Waals surface area contributed by atoms with E-state index in [4.69, 9.17) is 4.74 Å². The van der Waals surface area contributed by atoms with Crippen LogP contribution in [0.4, 0.5) is 5.69 Å². The summed E-state index contributed by atoms with van der Waals surface area (Å²) < 4.78 is 5.17. The van der Waals surface area contributed by atoms with Crippen molar-refractivity contribution in [3.05, 3.63) is 29.8 Å². The van der Waals surface area contributed by atoms with Gasteiger partial charge in [0.25, 0.3) is 5.91 Å². The lowest BCUT2D eigenvalue weighted by Gasteiger charge is -2.34. The molecule has 1 aliphatic heterocycles. The van der Waals surface area contributed by atoms with Crippen molar-refractivity contribution in [3.63, 3.8) is 0 Å². The summed E-state index contributed by atoms with van der Waals surface area (Å²) in [4.78, 5) is 51.4. The summed E-state index contributed by atoms with van der Waals surface area (Å²) >= 11 is 0. The fourth-order valence-electron chi connectivity index (χ4n) is 4.33. The van der Waals surface area contributed by atoms with E-state index in [2.05, 4.69) is 16.0 Å². The molecule has 1 heterocycles. The number of unbranched alkanes of at least 4 members (excludes halogenated alkanes) is 1. The predicted octanol–water partition coefficient (Wildman–Crippen LogP) is 2.22. The number of amides is 3. The van der Waals surface area contributed by atoms with Crippen molar-refractivity contribution >= 4 is 29.4 Å². The van der Waals surface area contributed by atoms with Crippen molar-refractivity contribution in [1.29, 1.82) is 0 Å². The number of nitrogens with one attached hydrogen (secondary N) is 3. The number of ether oxygens (including phenoxy) is 1. The largest absolute Gasteiger partial charge is 0.466 e. The monoisotopic (exact) mass is 472 g/mol. The van der Waals surface area contributed by atoms with Gasteiger partial charge in [0, 0.05) is 30.4 Å². The first-order chi connectivity index (χ1) is 16.5. The minimum Gasteiger partial charge on any atom is -0.466 e. The molecule has 9 heteroatoms. The van der Waals surface area contributed by atoms with Crippen LogP contribution in [0.25, 0.3) is 0 Å². The fourth-order valence-corrected chi connectivity index (χ4v) is 4.33. The molecular formula is C25H36N4O5. The van der Waals surface area contributed by atoms with E-state index in [1.807, 2.05) is 6.92 Å². The zero-order valence-electron chi connectivity index (χ0n) is 19.9. The minimum atomic E-state index is -0.884. The number of nitrogens with zero attached hydrogens (tertiary/aromatic N) is 1. The molecule has 3 N–H and O–H groups in total. The summed E-state index contributed by atoms with van der Waals surface area (Å²) in [5.74, 6) is -1.25. The third-order valence-electron chi connectivity index (χ3n) is 6.28. The lowest BCUT2D eigenvalue weighted by atomic mass is 9.95. The highest BCUT2D eigenvalue weighted by molar-refractivity contribution is 5.96. The molecule has 186 valence electrons. The summed E-state index contributed by atoms with van der Waals surface area (Å²) in [5, 5.41) is 8.86. The van der Waals surface area contributed by atoms with Gasteiger partial charge < -0.3 is 25.6 Å². The van der Waals surface area contributed by atoms with Crippen molar-refractivity contribution in [1.82, 2.24) is 15.5 Å². The lowest BCUT2D eigenvalue weighted by Crippen LogP contribution is -2.58. The van der Waals surface area contributed by atoms with Crippen LogP contribution in [-0.4, -0.2) is 66.9 Å². The average Bonchev–Trinajstić information content (AvgIpc) is 2.85. The molecule has 0 bridgehead atoms. The zero-order valence-corrected chi connectivity index (χ0v) is 19.9. The number of benzene rings is 1. The molecule has 9 nitrogen and oxygen atoms in total. The fraction of sp³-hybridized carbons (Fsp3) is 0.600. The van der Waals surface area contributed by atoms with Crippen LogP contribution in [0.15, 0.2) is 24.3 Å². The molecule has 3 amide bonds. The van der Waals surface area contributed by atoms with Crippen LogP contribution in [0, 0.1) is 0 Å². The maximum atomic E-state index is 12.9. The summed E-state index contributed by atoms with van der Waals surface area (Å²) in [7, 11) is 0. The third kappa shape index (κ3) is 7.46. The SMILES string of the molecule is CCCCOC(=O)CC1C(=O)NCCN1C(=O)CNc1cccc(C(=O)NC2CCCCC2)c1. The molecule has 1 unspecified atom stereocenters. The standard InChI is InChI=1S/C25H36N4O5/c1-2-3-14-34-23(31)16-21-25(33)26-12-13-29(21)22(30)17-27-20-11-7-8-18(15-20)24(32)28-19-9-5-4-6-10-19/h7-8,11,15,19,21,27H,2-6,9-10,12-14,16-17H2,1H3,(H,26,33)(H,28,32). The number of piperazine rings is 1. The summed E-state index contributed by atoms with van der Waals surface area (Å²) in [6.45, 7) is 2.91. The van der Waals surface area contributed by atoms with Crippen LogP contribution in [0.3, 0.4) is 0 Å². The van der Waals surface area contributed by atoms with Gasteiger partial charge in [-0.2, -0.15) is 0 Å². The highest BCUT2D eigenvalue weighted by atomic mass is 16.5. The Morgan fingerprint density at radius 2 is 1.97 bits per heavy atom. The minimum absolute atomic E-state index is 0.0532. The van der Waals surface area contributed by atoms with Crippen LogP contribution in [0.5, 0.6) is 0 Å². The molecular weight excluding hydrogens is 436 g/mol. The first-order valence-corrected chi connectivity index (χ1v) is 12.4. The van der Waals surface area contributed by atoms with E-state index in [9.17, 15) is 19.2 Å². The molecule has 1 aromatic carbocycles. The first kappa shape index (κ1) is 25.5. The van der Waals surface area contributed by atoms with Gasteiger partial charge in [0.15, 0.2) is 0 Å². The van der Waals surface area contributed by atoms with Gasteiger partial charge in [0.1, 0.15) is 6.04 Å². The molecule has 1 saturated carbocycles. The van der Waals surface area contributed by atoms with Crippen molar-refractivity contribution in [2.45, 2.75) is 70.4 Å². The van der Waals surface area contributed by atoms with Crippen LogP contribution < -0.4 is 16.0 Å². The van der Waals surface area contributed by atoms with E-state index in [1.165, 1.54) is 11.3 Å². The number of esters is 1. The van der Waals surface area contributed by atoms with Gasteiger partial charge in [0.2, 0.25) is 11.8 Å². The van der Waals surface area contributed by atoms with Gasteiger partial charge in [-0.3, -0.25) is 19.2 Å². The molecule has 1 saturated heterocycles. The highest BCUT2D eigenvalue weighted by Crippen LogP contribution is 2.19. The molecule has 1 aromatic rings. The van der Waals surface area contributed by atoms with E-state index in [-0.39, 0.29) is 36.7 Å². The van der Waals surface area contributed by atoms with Crippen LogP contribution in [-0.2, 0) is 19.1 Å². The van der Waals surface area contributed by atoms with Gasteiger partial charge >= 0.3 is 5.97 Å². The number of hydrogen-bond acceptors (Lipinski definition) is 6. The number of rotatable bonds is 10. The maximum Gasteiger partial charge on any atom is 0.308 e. The maximum absolute atomic E-state index is 12.9. The van der Waals surface area contributed by atoms with Crippen molar-refractivity contribution in [2.75, 3.05) is 31.6 Å². The second-order valence-electron chi connectivity index (χ2n) is 8.91. The molecule has 0 spiro atoms. The van der Waals surface area contributed by atoms with E-state index in [0.29, 0.717) is 30.9 Å². The molecule has 2 fully saturated rings. The van der Waals surface area contributed by atoms with Gasteiger partial charge in [-0.15, -0.1) is 0 Å². The molecule has 0 radical (unpaired) electrons. The first-order valence-electron chi connectivity index (χ1n) is 12.4. The molecule has 1 aliphatic carbocycles. The van der Waals surface area contributed by atoms with E-state index in [1.54, 1.807) is 24.3 Å². The summed E-state index contributed by atoms with van der Waals surface area (Å²) in [6, 6.07) is 6.36. The molecule has 1 atom stereocenters. The topological polar surface area (TPSA) is 117 Å². The summed E-state index contributed by atoms with van der Waals surface area (Å²) in [6.07, 6.45) is 7.01. The van der Waals surface area contributed by atoms with E-state index in [0.717, 1.165) is 38.5 Å². The Hall–Kier alpha value is -3.10. The Kier molecular flexibility index (Phi) is 9.73. The Balaban J connectivity index is 1.54. The second kappa shape index (κ2) is 13.0. The Morgan fingerprint density at radius 1 is 1.18 bits per heavy atom. The third-order valence-corrected chi connectivity index (χ3v) is 6.28. The molecule has 0 aromatic heterocycles. The zero-order chi connectivity index (χ0) is 24.3. The molecule has 34 heavy (non-hydrogen) atoms.